The quantitative estimate of drug-likeness (QED) is 0.704. The Kier molecular flexibility index (Phi) is 7.36. The van der Waals surface area contributed by atoms with Crippen molar-refractivity contribution in [3.63, 3.8) is 0 Å². The van der Waals surface area contributed by atoms with E-state index in [1.807, 2.05) is 48.7 Å². The molecule has 0 radical (unpaired) electrons. The van der Waals surface area contributed by atoms with Crippen molar-refractivity contribution >= 4 is 33.3 Å². The first-order chi connectivity index (χ1) is 11.9. The summed E-state index contributed by atoms with van der Waals surface area (Å²) in [4.78, 5) is 11.9. The highest BCUT2D eigenvalue weighted by atomic mass is 32.2. The monoisotopic (exact) mass is 378 g/mol. The molecule has 1 heterocycles. The van der Waals surface area contributed by atoms with Gasteiger partial charge in [0.2, 0.25) is 15.9 Å². The summed E-state index contributed by atoms with van der Waals surface area (Å²) < 4.78 is 26.2. The lowest BCUT2D eigenvalue weighted by atomic mass is 10.1. The molecule has 2 aromatic rings. The molecule has 0 aliphatic rings. The van der Waals surface area contributed by atoms with Crippen LogP contribution in [0, 0.1) is 0 Å². The summed E-state index contributed by atoms with van der Waals surface area (Å²) in [5.41, 5.74) is 1.98. The Labute approximate surface area is 152 Å². The molecule has 1 aromatic heterocycles. The number of nitrogens with one attached hydrogen (secondary N) is 2. The number of benzene rings is 1. The van der Waals surface area contributed by atoms with E-state index in [9.17, 15) is 13.2 Å². The van der Waals surface area contributed by atoms with Crippen LogP contribution in [0.3, 0.4) is 0 Å². The maximum Gasteiger partial charge on any atom is 0.233 e. The lowest BCUT2D eigenvalue weighted by Crippen LogP contribution is -2.36. The molecule has 1 amide bonds. The van der Waals surface area contributed by atoms with Crippen molar-refractivity contribution in [1.29, 1.82) is 0 Å². The van der Waals surface area contributed by atoms with Crippen LogP contribution >= 0.6 is 11.3 Å². The minimum atomic E-state index is -3.55. The van der Waals surface area contributed by atoms with Crippen LogP contribution in [-0.2, 0) is 21.2 Å². The lowest BCUT2D eigenvalue weighted by molar-refractivity contribution is -0.121. The maximum absolute atomic E-state index is 11.9. The molecule has 5 nitrogen and oxygen atoms in total. The number of carbonyl (C=O) groups excluding carboxylic acids is 1. The van der Waals surface area contributed by atoms with Crippen molar-refractivity contribution in [1.82, 2.24) is 10.0 Å². The van der Waals surface area contributed by atoms with E-state index in [1.54, 1.807) is 11.3 Å². The van der Waals surface area contributed by atoms with Crippen LogP contribution in [0.15, 0.2) is 52.6 Å². The van der Waals surface area contributed by atoms with Crippen LogP contribution in [0.5, 0.6) is 0 Å². The van der Waals surface area contributed by atoms with E-state index >= 15 is 0 Å². The largest absolute Gasteiger partial charge is 0.353 e. The Bertz CT molecular complexity index is 785. The highest BCUT2D eigenvalue weighted by Crippen LogP contribution is 2.08. The molecule has 1 aromatic carbocycles. The number of amides is 1. The molecule has 0 aliphatic carbocycles. The normalized spacial score (nSPS) is 13.0. The Balaban J connectivity index is 1.71. The molecule has 2 N–H and O–H groups in total. The summed E-state index contributed by atoms with van der Waals surface area (Å²) >= 11 is 1.62. The van der Waals surface area contributed by atoms with Gasteiger partial charge in [-0.05, 0) is 47.4 Å². The van der Waals surface area contributed by atoms with Gasteiger partial charge >= 0.3 is 0 Å². The number of thiophene rings is 1. The molecule has 1 atom stereocenters. The summed E-state index contributed by atoms with van der Waals surface area (Å²) in [5, 5.41) is 8.04. The van der Waals surface area contributed by atoms with Crippen LogP contribution < -0.4 is 10.0 Å². The third kappa shape index (κ3) is 7.64. The van der Waals surface area contributed by atoms with Crippen LogP contribution in [0.4, 0.5) is 0 Å². The topological polar surface area (TPSA) is 75.3 Å². The van der Waals surface area contributed by atoms with Crippen LogP contribution in [0.2, 0.25) is 0 Å². The summed E-state index contributed by atoms with van der Waals surface area (Å²) in [6, 6.07) is 11.2. The summed E-state index contributed by atoms with van der Waals surface area (Å²) in [7, 11) is -3.55. The molecule has 0 aliphatic heterocycles. The molecular weight excluding hydrogens is 356 g/mol. The molecule has 0 saturated heterocycles. The second kappa shape index (κ2) is 9.50. The molecule has 0 saturated carbocycles. The van der Waals surface area contributed by atoms with Gasteiger partial charge in [0.1, 0.15) is 0 Å². The van der Waals surface area contributed by atoms with Gasteiger partial charge in [-0.3, -0.25) is 4.79 Å². The molecular formula is C18H22N2O3S2. The average Bonchev–Trinajstić information content (AvgIpc) is 3.06. The third-order valence-electron chi connectivity index (χ3n) is 3.42. The highest BCUT2D eigenvalue weighted by Gasteiger charge is 2.10. The second-order valence-corrected chi connectivity index (χ2v) is 8.14. The van der Waals surface area contributed by atoms with Gasteiger partial charge in [-0.2, -0.15) is 11.3 Å². The van der Waals surface area contributed by atoms with Gasteiger partial charge in [0.05, 0.1) is 0 Å². The van der Waals surface area contributed by atoms with E-state index < -0.39 is 10.0 Å². The molecule has 7 heteroatoms. The number of sulfonamides is 1. The van der Waals surface area contributed by atoms with Gasteiger partial charge in [0.25, 0.3) is 0 Å². The molecule has 0 spiro atoms. The fourth-order valence-corrected chi connectivity index (χ4v) is 3.75. The van der Waals surface area contributed by atoms with Gasteiger partial charge in [0.15, 0.2) is 0 Å². The molecule has 25 heavy (non-hydrogen) atoms. The molecule has 2 rings (SSSR count). The Hall–Kier alpha value is -1.96. The van der Waals surface area contributed by atoms with Crippen molar-refractivity contribution in [3.8, 4) is 0 Å². The Morgan fingerprint density at radius 1 is 1.24 bits per heavy atom. The van der Waals surface area contributed by atoms with Gasteiger partial charge in [-0.25, -0.2) is 13.1 Å². The average molecular weight is 379 g/mol. The lowest BCUT2D eigenvalue weighted by Gasteiger charge is -2.13. The fourth-order valence-electron chi connectivity index (χ4n) is 2.25. The molecule has 0 fully saturated rings. The van der Waals surface area contributed by atoms with Crippen molar-refractivity contribution in [2.45, 2.75) is 25.8 Å². The van der Waals surface area contributed by atoms with E-state index in [-0.39, 0.29) is 24.9 Å². The van der Waals surface area contributed by atoms with Gasteiger partial charge < -0.3 is 5.32 Å². The van der Waals surface area contributed by atoms with E-state index in [0.29, 0.717) is 0 Å². The van der Waals surface area contributed by atoms with Crippen LogP contribution in [0.1, 0.15) is 24.5 Å². The molecule has 1 unspecified atom stereocenters. The summed E-state index contributed by atoms with van der Waals surface area (Å²) in [5.74, 6) is -0.169. The first-order valence-corrected chi connectivity index (χ1v) is 10.5. The van der Waals surface area contributed by atoms with E-state index in [1.165, 1.54) is 11.6 Å². The first-order valence-electron chi connectivity index (χ1n) is 7.98. The van der Waals surface area contributed by atoms with Gasteiger partial charge in [-0.15, -0.1) is 0 Å². The first kappa shape index (κ1) is 19.4. The van der Waals surface area contributed by atoms with Crippen LogP contribution in [-0.4, -0.2) is 26.9 Å². The van der Waals surface area contributed by atoms with Crippen molar-refractivity contribution < 1.29 is 13.2 Å². The third-order valence-corrected chi connectivity index (χ3v) is 5.26. The number of carbonyl (C=O) groups is 1. The maximum atomic E-state index is 11.9. The van der Waals surface area contributed by atoms with E-state index in [4.69, 9.17) is 0 Å². The second-order valence-electron chi connectivity index (χ2n) is 5.71. The van der Waals surface area contributed by atoms with E-state index in [0.717, 1.165) is 17.4 Å². The zero-order valence-corrected chi connectivity index (χ0v) is 15.6. The standard InChI is InChI=1S/C18H22N2O3S2/c1-15(13-17-8-11-24-14-17)20-18(21)7-10-19-25(22,23)12-9-16-5-3-2-4-6-16/h2-6,8-9,11-12,14-15,19H,7,10,13H2,1H3,(H,20,21). The van der Waals surface area contributed by atoms with Crippen molar-refractivity contribution in [2.24, 2.45) is 0 Å². The Morgan fingerprint density at radius 3 is 2.68 bits per heavy atom. The summed E-state index contributed by atoms with van der Waals surface area (Å²) in [6.45, 7) is 2.00. The number of hydrogen-bond acceptors (Lipinski definition) is 4. The Morgan fingerprint density at radius 2 is 2.00 bits per heavy atom. The van der Waals surface area contributed by atoms with E-state index in [2.05, 4.69) is 15.4 Å². The smallest absolute Gasteiger partial charge is 0.233 e. The molecule has 134 valence electrons. The summed E-state index contributed by atoms with van der Waals surface area (Å²) in [6.07, 6.45) is 2.39. The predicted octanol–water partition coefficient (Wildman–Crippen LogP) is 2.78. The van der Waals surface area contributed by atoms with Gasteiger partial charge in [0, 0.05) is 24.4 Å². The number of rotatable bonds is 9. The minimum Gasteiger partial charge on any atom is -0.353 e. The van der Waals surface area contributed by atoms with Crippen molar-refractivity contribution in [2.75, 3.05) is 6.54 Å². The van der Waals surface area contributed by atoms with Crippen LogP contribution in [0.25, 0.3) is 6.08 Å². The SMILES string of the molecule is CC(Cc1ccsc1)NC(=O)CCNS(=O)(=O)C=Cc1ccccc1. The highest BCUT2D eigenvalue weighted by molar-refractivity contribution is 7.92. The van der Waals surface area contributed by atoms with Crippen molar-refractivity contribution in [3.05, 3.63) is 63.7 Å². The zero-order chi connectivity index (χ0) is 18.1. The molecule has 0 bridgehead atoms. The zero-order valence-electron chi connectivity index (χ0n) is 14.0. The fraction of sp³-hybridized carbons (Fsp3) is 0.278. The minimum absolute atomic E-state index is 0.0108. The van der Waals surface area contributed by atoms with Gasteiger partial charge in [-0.1, -0.05) is 30.3 Å². The predicted molar refractivity (Wildman–Crippen MR) is 103 cm³/mol. The number of hydrogen-bond donors (Lipinski definition) is 2.